The summed E-state index contributed by atoms with van der Waals surface area (Å²) in [5.41, 5.74) is -0.617. The minimum absolute atomic E-state index is 0.0477. The summed E-state index contributed by atoms with van der Waals surface area (Å²) in [5.74, 6) is -1.85. The molecule has 3 nitrogen and oxygen atoms in total. The first kappa shape index (κ1) is 14.2. The molecule has 1 aromatic carbocycles. The van der Waals surface area contributed by atoms with Gasteiger partial charge in [0.1, 0.15) is 11.6 Å². The quantitative estimate of drug-likeness (QED) is 0.868. The van der Waals surface area contributed by atoms with Crippen LogP contribution < -0.4 is 5.32 Å². The molecule has 1 heterocycles. The molecule has 0 atom stereocenters. The van der Waals surface area contributed by atoms with E-state index in [4.69, 9.17) is 16.3 Å². The second kappa shape index (κ2) is 5.84. The van der Waals surface area contributed by atoms with E-state index in [1.807, 2.05) is 0 Å². The maximum absolute atomic E-state index is 13.1. The third kappa shape index (κ3) is 3.42. The fourth-order valence-electron chi connectivity index (χ4n) is 2.05. The average molecular weight is 290 g/mol. The predicted octanol–water partition coefficient (Wildman–Crippen LogP) is 2.48. The summed E-state index contributed by atoms with van der Waals surface area (Å²) in [7, 11) is 0. The summed E-state index contributed by atoms with van der Waals surface area (Å²) in [6.07, 6.45) is 1.17. The lowest BCUT2D eigenvalue weighted by Gasteiger charge is -2.36. The molecule has 2 rings (SSSR count). The highest BCUT2D eigenvalue weighted by atomic mass is 35.5. The lowest BCUT2D eigenvalue weighted by Crippen LogP contribution is -2.53. The Balaban J connectivity index is 2.15. The van der Waals surface area contributed by atoms with Gasteiger partial charge in [0.15, 0.2) is 0 Å². The summed E-state index contributed by atoms with van der Waals surface area (Å²) in [4.78, 5) is 12.0. The molecule has 1 saturated heterocycles. The Morgan fingerprint density at radius 2 is 1.84 bits per heavy atom. The van der Waals surface area contributed by atoms with Gasteiger partial charge in [0.2, 0.25) is 0 Å². The molecular weight excluding hydrogens is 276 g/mol. The number of carbonyl (C=O) groups is 1. The molecule has 0 radical (unpaired) electrons. The smallest absolute Gasteiger partial charge is 0.251 e. The molecule has 19 heavy (non-hydrogen) atoms. The van der Waals surface area contributed by atoms with E-state index in [0.29, 0.717) is 26.1 Å². The first-order valence-electron chi connectivity index (χ1n) is 5.97. The van der Waals surface area contributed by atoms with Crippen LogP contribution in [0.5, 0.6) is 0 Å². The van der Waals surface area contributed by atoms with Gasteiger partial charge in [0.25, 0.3) is 5.91 Å². The summed E-state index contributed by atoms with van der Waals surface area (Å²) in [6.45, 7) is 1.01. The Bertz CT molecular complexity index is 455. The monoisotopic (exact) mass is 289 g/mol. The molecule has 1 fully saturated rings. The number of carbonyl (C=O) groups excluding carboxylic acids is 1. The van der Waals surface area contributed by atoms with E-state index in [9.17, 15) is 13.6 Å². The Morgan fingerprint density at radius 1 is 1.26 bits per heavy atom. The van der Waals surface area contributed by atoms with Crippen LogP contribution in [-0.2, 0) is 4.74 Å². The molecule has 1 aromatic rings. The van der Waals surface area contributed by atoms with Crippen LogP contribution in [0, 0.1) is 11.6 Å². The van der Waals surface area contributed by atoms with Crippen molar-refractivity contribution in [3.63, 3.8) is 0 Å². The molecule has 0 spiro atoms. The zero-order chi connectivity index (χ0) is 13.9. The number of nitrogens with one attached hydrogen (secondary N) is 1. The van der Waals surface area contributed by atoms with Gasteiger partial charge < -0.3 is 10.1 Å². The molecule has 0 aromatic heterocycles. The van der Waals surface area contributed by atoms with E-state index in [1.54, 1.807) is 0 Å². The van der Waals surface area contributed by atoms with Gasteiger partial charge in [-0.2, -0.15) is 0 Å². The second-order valence-electron chi connectivity index (χ2n) is 4.64. The summed E-state index contributed by atoms with van der Waals surface area (Å²) >= 11 is 5.91. The van der Waals surface area contributed by atoms with Gasteiger partial charge in [-0.25, -0.2) is 8.78 Å². The van der Waals surface area contributed by atoms with Crippen molar-refractivity contribution in [1.29, 1.82) is 0 Å². The zero-order valence-corrected chi connectivity index (χ0v) is 11.0. The van der Waals surface area contributed by atoms with Crippen molar-refractivity contribution >= 4 is 17.5 Å². The first-order chi connectivity index (χ1) is 9.04. The van der Waals surface area contributed by atoms with E-state index in [2.05, 4.69) is 5.32 Å². The molecule has 0 aliphatic carbocycles. The van der Waals surface area contributed by atoms with Crippen molar-refractivity contribution in [2.24, 2.45) is 0 Å². The van der Waals surface area contributed by atoms with E-state index >= 15 is 0 Å². The Morgan fingerprint density at radius 3 is 2.37 bits per heavy atom. The normalized spacial score (nSPS) is 18.1. The maximum atomic E-state index is 13.1. The molecule has 1 aliphatic heterocycles. The summed E-state index contributed by atoms with van der Waals surface area (Å²) in [5, 5.41) is 2.77. The van der Waals surface area contributed by atoms with Crippen LogP contribution in [0.1, 0.15) is 23.2 Å². The minimum atomic E-state index is -0.781. The zero-order valence-electron chi connectivity index (χ0n) is 10.2. The Kier molecular flexibility index (Phi) is 4.37. The lowest BCUT2D eigenvalue weighted by atomic mass is 9.92. The molecule has 1 N–H and O–H groups in total. The molecule has 0 unspecified atom stereocenters. The van der Waals surface area contributed by atoms with Gasteiger partial charge in [-0.15, -0.1) is 11.6 Å². The van der Waals surface area contributed by atoms with Gasteiger partial charge in [0, 0.05) is 30.7 Å². The van der Waals surface area contributed by atoms with Crippen LogP contribution in [0.3, 0.4) is 0 Å². The van der Waals surface area contributed by atoms with E-state index < -0.39 is 23.1 Å². The Hall–Kier alpha value is -1.20. The van der Waals surface area contributed by atoms with Crippen LogP contribution >= 0.6 is 11.6 Å². The predicted molar refractivity (Wildman–Crippen MR) is 67.3 cm³/mol. The number of amides is 1. The van der Waals surface area contributed by atoms with Gasteiger partial charge in [-0.1, -0.05) is 0 Å². The standard InChI is InChI=1S/C13H14ClF2NO2/c14-8-13(1-3-19-4-2-13)17-12(18)9-5-10(15)7-11(16)6-9/h5-7H,1-4,8H2,(H,17,18). The maximum Gasteiger partial charge on any atom is 0.251 e. The number of rotatable bonds is 3. The van der Waals surface area contributed by atoms with Crippen LogP contribution in [0.25, 0.3) is 0 Å². The minimum Gasteiger partial charge on any atom is -0.381 e. The van der Waals surface area contributed by atoms with Gasteiger partial charge in [-0.05, 0) is 25.0 Å². The van der Waals surface area contributed by atoms with E-state index in [-0.39, 0.29) is 11.4 Å². The molecule has 0 saturated carbocycles. The molecule has 0 bridgehead atoms. The fourth-order valence-corrected chi connectivity index (χ4v) is 2.39. The first-order valence-corrected chi connectivity index (χ1v) is 6.50. The van der Waals surface area contributed by atoms with Crippen molar-refractivity contribution in [3.8, 4) is 0 Å². The third-order valence-electron chi connectivity index (χ3n) is 3.21. The fraction of sp³-hybridized carbons (Fsp3) is 0.462. The highest BCUT2D eigenvalue weighted by molar-refractivity contribution is 6.19. The van der Waals surface area contributed by atoms with Crippen LogP contribution in [0.4, 0.5) is 8.78 Å². The Labute approximate surface area is 114 Å². The highest BCUT2D eigenvalue weighted by Gasteiger charge is 2.33. The number of hydrogen-bond donors (Lipinski definition) is 1. The second-order valence-corrected chi connectivity index (χ2v) is 4.91. The van der Waals surface area contributed by atoms with Crippen molar-refractivity contribution in [2.75, 3.05) is 19.1 Å². The van der Waals surface area contributed by atoms with Gasteiger partial charge in [0.05, 0.1) is 5.54 Å². The van der Waals surface area contributed by atoms with Gasteiger partial charge >= 0.3 is 0 Å². The van der Waals surface area contributed by atoms with Crippen molar-refractivity contribution in [2.45, 2.75) is 18.4 Å². The lowest BCUT2D eigenvalue weighted by molar-refractivity contribution is 0.0433. The largest absolute Gasteiger partial charge is 0.381 e. The molecule has 104 valence electrons. The van der Waals surface area contributed by atoms with Crippen molar-refractivity contribution in [3.05, 3.63) is 35.4 Å². The average Bonchev–Trinajstić information content (AvgIpc) is 2.38. The SMILES string of the molecule is O=C(NC1(CCl)CCOCC1)c1cc(F)cc(F)c1. The topological polar surface area (TPSA) is 38.3 Å². The molecule has 1 aliphatic rings. The molecule has 6 heteroatoms. The van der Waals surface area contributed by atoms with Gasteiger partial charge in [-0.3, -0.25) is 4.79 Å². The number of benzene rings is 1. The highest BCUT2D eigenvalue weighted by Crippen LogP contribution is 2.23. The molecular formula is C13H14ClF2NO2. The van der Waals surface area contributed by atoms with Crippen LogP contribution in [-0.4, -0.2) is 30.5 Å². The van der Waals surface area contributed by atoms with E-state index in [0.717, 1.165) is 18.2 Å². The number of halogens is 3. The summed E-state index contributed by atoms with van der Waals surface area (Å²) < 4.78 is 31.4. The van der Waals surface area contributed by atoms with Crippen LogP contribution in [0.2, 0.25) is 0 Å². The molecule has 1 amide bonds. The number of ether oxygens (including phenoxy) is 1. The number of alkyl halides is 1. The third-order valence-corrected chi connectivity index (χ3v) is 3.72. The van der Waals surface area contributed by atoms with Crippen molar-refractivity contribution < 1.29 is 18.3 Å². The number of hydrogen-bond acceptors (Lipinski definition) is 2. The van der Waals surface area contributed by atoms with Crippen molar-refractivity contribution in [1.82, 2.24) is 5.32 Å². The summed E-state index contributed by atoms with van der Waals surface area (Å²) in [6, 6.07) is 2.72. The van der Waals surface area contributed by atoms with Crippen LogP contribution in [0.15, 0.2) is 18.2 Å². The van der Waals surface area contributed by atoms with E-state index in [1.165, 1.54) is 0 Å².